The summed E-state index contributed by atoms with van der Waals surface area (Å²) in [6, 6.07) is 0. The summed E-state index contributed by atoms with van der Waals surface area (Å²) in [5.41, 5.74) is 0.790. The standard InChI is InChI=1S/C10H16O2/c1-3-4-5-6-7-9(2)8-10(11)12/h6-8H,3-5H2,1-2H3,(H,11,12)/b7-6+,9-8-. The van der Waals surface area contributed by atoms with Gasteiger partial charge in [0, 0.05) is 6.08 Å². The first kappa shape index (κ1) is 11.0. The Labute approximate surface area is 73.6 Å². The summed E-state index contributed by atoms with van der Waals surface area (Å²) in [5, 5.41) is 8.38. The first-order valence-corrected chi connectivity index (χ1v) is 4.24. The number of carboxylic acid groups (broad SMARTS) is 1. The van der Waals surface area contributed by atoms with E-state index in [4.69, 9.17) is 5.11 Å². The van der Waals surface area contributed by atoms with Gasteiger partial charge in [-0.3, -0.25) is 0 Å². The Morgan fingerprint density at radius 1 is 1.50 bits per heavy atom. The predicted octanol–water partition coefficient (Wildman–Crippen LogP) is 2.76. The molecule has 0 saturated heterocycles. The minimum atomic E-state index is -0.882. The summed E-state index contributed by atoms with van der Waals surface area (Å²) in [7, 11) is 0. The van der Waals surface area contributed by atoms with Crippen LogP contribution in [0.1, 0.15) is 33.1 Å². The number of hydrogen-bond acceptors (Lipinski definition) is 1. The Morgan fingerprint density at radius 3 is 2.67 bits per heavy atom. The number of carbonyl (C=O) groups is 1. The van der Waals surface area contributed by atoms with Crippen LogP contribution in [0.3, 0.4) is 0 Å². The Morgan fingerprint density at radius 2 is 2.17 bits per heavy atom. The van der Waals surface area contributed by atoms with E-state index >= 15 is 0 Å². The zero-order valence-corrected chi connectivity index (χ0v) is 7.71. The van der Waals surface area contributed by atoms with Crippen LogP contribution < -0.4 is 0 Å². The van der Waals surface area contributed by atoms with Crippen molar-refractivity contribution >= 4 is 5.97 Å². The number of rotatable bonds is 5. The van der Waals surface area contributed by atoms with E-state index in [9.17, 15) is 4.79 Å². The van der Waals surface area contributed by atoms with Gasteiger partial charge in [-0.25, -0.2) is 4.79 Å². The van der Waals surface area contributed by atoms with E-state index in [0.717, 1.165) is 18.4 Å². The molecule has 0 atom stereocenters. The minimum absolute atomic E-state index is 0.790. The SMILES string of the molecule is CCCC/C=C/C(C)=C\C(=O)O. The molecule has 0 aromatic carbocycles. The van der Waals surface area contributed by atoms with Crippen molar-refractivity contribution < 1.29 is 9.90 Å². The fourth-order valence-corrected chi connectivity index (χ4v) is 0.834. The minimum Gasteiger partial charge on any atom is -0.478 e. The zero-order chi connectivity index (χ0) is 9.40. The van der Waals surface area contributed by atoms with Crippen molar-refractivity contribution in [1.29, 1.82) is 0 Å². The average Bonchev–Trinajstić information content (AvgIpc) is 1.97. The first-order valence-electron chi connectivity index (χ1n) is 4.24. The number of hydrogen-bond donors (Lipinski definition) is 1. The zero-order valence-electron chi connectivity index (χ0n) is 7.71. The summed E-state index contributed by atoms with van der Waals surface area (Å²) < 4.78 is 0. The highest BCUT2D eigenvalue weighted by molar-refractivity contribution is 5.81. The van der Waals surface area contributed by atoms with Crippen molar-refractivity contribution in [2.24, 2.45) is 0 Å². The molecule has 0 bridgehead atoms. The highest BCUT2D eigenvalue weighted by atomic mass is 16.4. The summed E-state index contributed by atoms with van der Waals surface area (Å²) >= 11 is 0. The molecule has 1 N–H and O–H groups in total. The molecule has 0 rings (SSSR count). The third-order valence-electron chi connectivity index (χ3n) is 1.46. The molecule has 0 fully saturated rings. The van der Waals surface area contributed by atoms with Crippen LogP contribution in [0.25, 0.3) is 0 Å². The van der Waals surface area contributed by atoms with E-state index < -0.39 is 5.97 Å². The molecule has 0 spiro atoms. The lowest BCUT2D eigenvalue weighted by Crippen LogP contribution is -1.87. The van der Waals surface area contributed by atoms with Crippen molar-refractivity contribution in [2.75, 3.05) is 0 Å². The molecule has 0 aromatic heterocycles. The van der Waals surface area contributed by atoms with Crippen molar-refractivity contribution in [3.8, 4) is 0 Å². The molecule has 0 radical (unpaired) electrons. The van der Waals surface area contributed by atoms with E-state index in [1.54, 1.807) is 6.92 Å². The van der Waals surface area contributed by atoms with Crippen molar-refractivity contribution in [3.63, 3.8) is 0 Å². The van der Waals surface area contributed by atoms with Gasteiger partial charge in [-0.15, -0.1) is 0 Å². The third-order valence-corrected chi connectivity index (χ3v) is 1.46. The van der Waals surface area contributed by atoms with Gasteiger partial charge in [-0.05, 0) is 18.9 Å². The number of aliphatic carboxylic acids is 1. The van der Waals surface area contributed by atoms with Gasteiger partial charge in [-0.1, -0.05) is 31.9 Å². The topological polar surface area (TPSA) is 37.3 Å². The van der Waals surface area contributed by atoms with E-state index in [1.807, 2.05) is 12.2 Å². The van der Waals surface area contributed by atoms with Crippen molar-refractivity contribution in [3.05, 3.63) is 23.8 Å². The van der Waals surface area contributed by atoms with Gasteiger partial charge in [0.25, 0.3) is 0 Å². The second-order valence-corrected chi connectivity index (χ2v) is 2.77. The smallest absolute Gasteiger partial charge is 0.328 e. The maximum absolute atomic E-state index is 10.2. The quantitative estimate of drug-likeness (QED) is 0.389. The highest BCUT2D eigenvalue weighted by Gasteiger charge is 1.88. The lowest BCUT2D eigenvalue weighted by atomic mass is 10.2. The fourth-order valence-electron chi connectivity index (χ4n) is 0.834. The first-order chi connectivity index (χ1) is 5.66. The van der Waals surface area contributed by atoms with Crippen LogP contribution in [0.4, 0.5) is 0 Å². The monoisotopic (exact) mass is 168 g/mol. The maximum Gasteiger partial charge on any atom is 0.328 e. The molecule has 0 aliphatic carbocycles. The van der Waals surface area contributed by atoms with Crippen LogP contribution in [0.5, 0.6) is 0 Å². The van der Waals surface area contributed by atoms with Gasteiger partial charge in [0.2, 0.25) is 0 Å². The number of allylic oxidation sites excluding steroid dienone is 3. The molecular formula is C10H16O2. The molecule has 0 aliphatic heterocycles. The molecule has 68 valence electrons. The van der Waals surface area contributed by atoms with Crippen LogP contribution in [0, 0.1) is 0 Å². The summed E-state index contributed by atoms with van der Waals surface area (Å²) in [6.07, 6.45) is 8.44. The second-order valence-electron chi connectivity index (χ2n) is 2.77. The molecule has 0 saturated carbocycles. The van der Waals surface area contributed by atoms with Crippen molar-refractivity contribution in [2.45, 2.75) is 33.1 Å². The maximum atomic E-state index is 10.2. The molecule has 0 heterocycles. The van der Waals surface area contributed by atoms with Crippen LogP contribution >= 0.6 is 0 Å². The molecule has 0 unspecified atom stereocenters. The molecule has 0 amide bonds. The van der Waals surface area contributed by atoms with Gasteiger partial charge in [0.1, 0.15) is 0 Å². The largest absolute Gasteiger partial charge is 0.478 e. The summed E-state index contributed by atoms with van der Waals surface area (Å²) in [6.45, 7) is 3.92. The lowest BCUT2D eigenvalue weighted by molar-refractivity contribution is -0.131. The predicted molar refractivity (Wildman–Crippen MR) is 50.1 cm³/mol. The van der Waals surface area contributed by atoms with Gasteiger partial charge in [0.15, 0.2) is 0 Å². The third kappa shape index (κ3) is 7.06. The Hall–Kier alpha value is -1.05. The number of carboxylic acids is 1. The molecule has 2 heteroatoms. The van der Waals surface area contributed by atoms with E-state index in [1.165, 1.54) is 12.5 Å². The Kier molecular flexibility index (Phi) is 6.07. The average molecular weight is 168 g/mol. The van der Waals surface area contributed by atoms with E-state index in [-0.39, 0.29) is 0 Å². The summed E-state index contributed by atoms with van der Waals surface area (Å²) in [5.74, 6) is -0.882. The Balaban J connectivity index is 3.74. The lowest BCUT2D eigenvalue weighted by Gasteiger charge is -1.90. The highest BCUT2D eigenvalue weighted by Crippen LogP contribution is 1.99. The normalized spacial score (nSPS) is 12.3. The van der Waals surface area contributed by atoms with E-state index in [2.05, 4.69) is 6.92 Å². The van der Waals surface area contributed by atoms with Crippen LogP contribution in [0.2, 0.25) is 0 Å². The van der Waals surface area contributed by atoms with Gasteiger partial charge in [0.05, 0.1) is 0 Å². The number of unbranched alkanes of at least 4 members (excludes halogenated alkanes) is 2. The van der Waals surface area contributed by atoms with Crippen LogP contribution in [-0.4, -0.2) is 11.1 Å². The van der Waals surface area contributed by atoms with Crippen LogP contribution in [0.15, 0.2) is 23.8 Å². The molecule has 0 aliphatic rings. The van der Waals surface area contributed by atoms with Gasteiger partial charge >= 0.3 is 5.97 Å². The fraction of sp³-hybridized carbons (Fsp3) is 0.500. The molecule has 2 nitrogen and oxygen atoms in total. The second kappa shape index (κ2) is 6.65. The van der Waals surface area contributed by atoms with Gasteiger partial charge in [-0.2, -0.15) is 0 Å². The van der Waals surface area contributed by atoms with Crippen molar-refractivity contribution in [1.82, 2.24) is 0 Å². The Bertz CT molecular complexity index is 190. The molecule has 0 aromatic rings. The van der Waals surface area contributed by atoms with Crippen LogP contribution in [-0.2, 0) is 4.79 Å². The summed E-state index contributed by atoms with van der Waals surface area (Å²) in [4.78, 5) is 10.2. The molecule has 12 heavy (non-hydrogen) atoms. The van der Waals surface area contributed by atoms with E-state index in [0.29, 0.717) is 0 Å². The molecular weight excluding hydrogens is 152 g/mol. The van der Waals surface area contributed by atoms with Gasteiger partial charge < -0.3 is 5.11 Å².